The van der Waals surface area contributed by atoms with Crippen LogP contribution >= 0.6 is 23.2 Å². The Morgan fingerprint density at radius 1 is 1.38 bits per heavy atom. The molecule has 1 aromatic carbocycles. The molecule has 0 aromatic heterocycles. The molecule has 0 spiro atoms. The molecule has 1 rings (SSSR count). The summed E-state index contributed by atoms with van der Waals surface area (Å²) in [4.78, 5) is 0. The number of hydrogen-bond donors (Lipinski definition) is 1. The van der Waals surface area contributed by atoms with Gasteiger partial charge in [0.2, 0.25) is 0 Å². The quantitative estimate of drug-likeness (QED) is 0.898. The minimum Gasteiger partial charge on any atom is -0.309 e. The average molecular weight is 280 g/mol. The minimum atomic E-state index is -0.771. The lowest BCUT2D eigenvalue weighted by molar-refractivity contribution is 0.587. The van der Waals surface area contributed by atoms with E-state index in [-0.39, 0.29) is 6.04 Å². The molecule has 1 N–H and O–H groups in total. The number of halogens is 2. The fourth-order valence-corrected chi connectivity index (χ4v) is 2.50. The van der Waals surface area contributed by atoms with Crippen LogP contribution < -0.4 is 5.32 Å². The fourth-order valence-electron chi connectivity index (χ4n) is 1.35. The van der Waals surface area contributed by atoms with Crippen LogP contribution in [0.4, 0.5) is 0 Å². The summed E-state index contributed by atoms with van der Waals surface area (Å²) in [5.41, 5.74) is 1.07. The van der Waals surface area contributed by atoms with E-state index in [1.807, 2.05) is 19.1 Å². The molecule has 16 heavy (non-hydrogen) atoms. The topological polar surface area (TPSA) is 29.1 Å². The molecule has 0 saturated carbocycles. The second-order valence-electron chi connectivity index (χ2n) is 3.77. The SMILES string of the molecule is CC(CS(C)=O)NCc1ccc(Cl)c(Cl)c1. The van der Waals surface area contributed by atoms with Crippen LogP contribution in [0.15, 0.2) is 18.2 Å². The summed E-state index contributed by atoms with van der Waals surface area (Å²) in [7, 11) is -0.771. The summed E-state index contributed by atoms with van der Waals surface area (Å²) in [5.74, 6) is 0.654. The van der Waals surface area contributed by atoms with Gasteiger partial charge in [0.05, 0.1) is 10.0 Å². The molecule has 5 heteroatoms. The van der Waals surface area contributed by atoms with Crippen molar-refractivity contribution in [1.82, 2.24) is 5.32 Å². The normalized spacial score (nSPS) is 14.8. The number of hydrogen-bond acceptors (Lipinski definition) is 2. The molecule has 0 aliphatic heterocycles. The van der Waals surface area contributed by atoms with Crippen LogP contribution in [0.5, 0.6) is 0 Å². The van der Waals surface area contributed by atoms with Gasteiger partial charge in [-0.1, -0.05) is 29.3 Å². The standard InChI is InChI=1S/C11H15Cl2NOS/c1-8(7-16(2)15)14-6-9-3-4-10(12)11(13)5-9/h3-5,8,14H,6-7H2,1-2H3. The van der Waals surface area contributed by atoms with Gasteiger partial charge in [0.1, 0.15) is 0 Å². The van der Waals surface area contributed by atoms with E-state index < -0.39 is 10.8 Å². The Morgan fingerprint density at radius 2 is 2.06 bits per heavy atom. The van der Waals surface area contributed by atoms with Gasteiger partial charge in [-0.2, -0.15) is 0 Å². The Morgan fingerprint density at radius 3 is 2.62 bits per heavy atom. The van der Waals surface area contributed by atoms with Gasteiger partial charge in [-0.25, -0.2) is 0 Å². The summed E-state index contributed by atoms with van der Waals surface area (Å²) in [6.45, 7) is 2.72. The van der Waals surface area contributed by atoms with Crippen LogP contribution in [0, 0.1) is 0 Å². The second kappa shape index (κ2) is 6.60. The van der Waals surface area contributed by atoms with Crippen LogP contribution in [0.25, 0.3) is 0 Å². The third-order valence-electron chi connectivity index (χ3n) is 2.12. The Kier molecular flexibility index (Phi) is 5.76. The largest absolute Gasteiger partial charge is 0.309 e. The maximum absolute atomic E-state index is 11.0. The van der Waals surface area contributed by atoms with Crippen LogP contribution in [-0.2, 0) is 17.3 Å². The van der Waals surface area contributed by atoms with E-state index in [0.717, 1.165) is 5.56 Å². The first-order valence-corrected chi connectivity index (χ1v) is 7.44. The first-order chi connectivity index (χ1) is 7.49. The molecular weight excluding hydrogens is 265 g/mol. The molecular formula is C11H15Cl2NOS. The van der Waals surface area contributed by atoms with Gasteiger partial charge in [0.25, 0.3) is 0 Å². The predicted octanol–water partition coefficient (Wildman–Crippen LogP) is 2.85. The smallest absolute Gasteiger partial charge is 0.0595 e. The van der Waals surface area contributed by atoms with E-state index in [2.05, 4.69) is 5.32 Å². The van der Waals surface area contributed by atoms with Gasteiger partial charge < -0.3 is 5.32 Å². The molecule has 2 unspecified atom stereocenters. The van der Waals surface area contributed by atoms with Crippen molar-refractivity contribution in [2.24, 2.45) is 0 Å². The molecule has 0 aliphatic carbocycles. The number of rotatable bonds is 5. The van der Waals surface area contributed by atoms with Gasteiger partial charge in [-0.3, -0.25) is 4.21 Å². The van der Waals surface area contributed by atoms with E-state index in [9.17, 15) is 4.21 Å². The van der Waals surface area contributed by atoms with Crippen molar-refractivity contribution in [2.75, 3.05) is 12.0 Å². The van der Waals surface area contributed by atoms with E-state index >= 15 is 0 Å². The zero-order valence-corrected chi connectivity index (χ0v) is 11.6. The molecule has 0 heterocycles. The van der Waals surface area contributed by atoms with Gasteiger partial charge in [0, 0.05) is 35.4 Å². The Labute approximate surface area is 109 Å². The van der Waals surface area contributed by atoms with Crippen molar-refractivity contribution < 1.29 is 4.21 Å². The highest BCUT2D eigenvalue weighted by Crippen LogP contribution is 2.22. The third kappa shape index (κ3) is 4.83. The van der Waals surface area contributed by atoms with Crippen molar-refractivity contribution in [3.05, 3.63) is 33.8 Å². The average Bonchev–Trinajstić information content (AvgIpc) is 2.19. The zero-order chi connectivity index (χ0) is 12.1. The fraction of sp³-hybridized carbons (Fsp3) is 0.455. The van der Waals surface area contributed by atoms with Crippen LogP contribution in [-0.4, -0.2) is 22.3 Å². The van der Waals surface area contributed by atoms with E-state index in [4.69, 9.17) is 23.2 Å². The lowest BCUT2D eigenvalue weighted by atomic mass is 10.2. The summed E-state index contributed by atoms with van der Waals surface area (Å²) in [5, 5.41) is 4.41. The molecule has 2 nitrogen and oxygen atoms in total. The molecule has 0 amide bonds. The predicted molar refractivity (Wildman–Crippen MR) is 71.7 cm³/mol. The number of nitrogens with one attached hydrogen (secondary N) is 1. The maximum atomic E-state index is 11.0. The van der Waals surface area contributed by atoms with Crippen LogP contribution in [0.1, 0.15) is 12.5 Å². The Bertz CT molecular complexity index is 384. The molecule has 1 aromatic rings. The molecule has 0 radical (unpaired) electrons. The van der Waals surface area contributed by atoms with Gasteiger partial charge in [-0.15, -0.1) is 0 Å². The minimum absolute atomic E-state index is 0.222. The van der Waals surface area contributed by atoms with Crippen molar-refractivity contribution in [3.63, 3.8) is 0 Å². The van der Waals surface area contributed by atoms with E-state index in [0.29, 0.717) is 22.3 Å². The lowest BCUT2D eigenvalue weighted by Gasteiger charge is -2.12. The van der Waals surface area contributed by atoms with Gasteiger partial charge in [-0.05, 0) is 24.6 Å². The molecule has 0 aliphatic rings. The van der Waals surface area contributed by atoms with E-state index in [1.54, 1.807) is 12.3 Å². The summed E-state index contributed by atoms with van der Waals surface area (Å²) < 4.78 is 11.0. The summed E-state index contributed by atoms with van der Waals surface area (Å²) in [6.07, 6.45) is 1.71. The monoisotopic (exact) mass is 279 g/mol. The molecule has 0 fully saturated rings. The van der Waals surface area contributed by atoms with Gasteiger partial charge in [0.15, 0.2) is 0 Å². The highest BCUT2D eigenvalue weighted by Gasteiger charge is 2.04. The maximum Gasteiger partial charge on any atom is 0.0595 e. The first kappa shape index (κ1) is 14.0. The van der Waals surface area contributed by atoms with Crippen molar-refractivity contribution >= 4 is 34.0 Å². The first-order valence-electron chi connectivity index (χ1n) is 4.96. The van der Waals surface area contributed by atoms with Crippen LogP contribution in [0.2, 0.25) is 10.0 Å². The Hall–Kier alpha value is -0.0900. The van der Waals surface area contributed by atoms with Crippen molar-refractivity contribution in [1.29, 1.82) is 0 Å². The molecule has 0 bridgehead atoms. The molecule has 90 valence electrons. The highest BCUT2D eigenvalue weighted by molar-refractivity contribution is 7.84. The second-order valence-corrected chi connectivity index (χ2v) is 6.06. The highest BCUT2D eigenvalue weighted by atomic mass is 35.5. The van der Waals surface area contributed by atoms with Crippen LogP contribution in [0.3, 0.4) is 0 Å². The van der Waals surface area contributed by atoms with Crippen molar-refractivity contribution in [2.45, 2.75) is 19.5 Å². The summed E-state index contributed by atoms with van der Waals surface area (Å²) >= 11 is 11.7. The number of benzene rings is 1. The van der Waals surface area contributed by atoms with Gasteiger partial charge >= 0.3 is 0 Å². The van der Waals surface area contributed by atoms with Crippen molar-refractivity contribution in [3.8, 4) is 0 Å². The molecule has 2 atom stereocenters. The molecule has 0 saturated heterocycles. The summed E-state index contributed by atoms with van der Waals surface area (Å²) in [6, 6.07) is 5.77. The third-order valence-corrected chi connectivity index (χ3v) is 3.83. The lowest BCUT2D eigenvalue weighted by Crippen LogP contribution is -2.30. The Balaban J connectivity index is 2.48. The zero-order valence-electron chi connectivity index (χ0n) is 9.30. The van der Waals surface area contributed by atoms with E-state index in [1.165, 1.54) is 0 Å².